The van der Waals surface area contributed by atoms with Crippen LogP contribution in [0, 0.1) is 31.6 Å². The molecule has 2 aromatic heterocycles. The topological polar surface area (TPSA) is 88.3 Å². The molecule has 0 spiro atoms. The maximum absolute atomic E-state index is 13.4. The Labute approximate surface area is 193 Å². The number of rotatable bonds is 6. The van der Waals surface area contributed by atoms with Gasteiger partial charge >= 0.3 is 0 Å². The minimum Gasteiger partial charge on any atom is -0.361 e. The van der Waals surface area contributed by atoms with E-state index in [4.69, 9.17) is 10.9 Å². The largest absolute Gasteiger partial charge is 0.361 e. The summed E-state index contributed by atoms with van der Waals surface area (Å²) in [6, 6.07) is 11.9. The van der Waals surface area contributed by atoms with Gasteiger partial charge in [-0.2, -0.15) is 0 Å². The summed E-state index contributed by atoms with van der Waals surface area (Å²) in [5, 5.41) is 6.76. The molecule has 2 amide bonds. The lowest BCUT2D eigenvalue weighted by Gasteiger charge is -2.29. The molecule has 0 bridgehead atoms. The molecule has 1 atom stereocenters. The second-order valence-corrected chi connectivity index (χ2v) is 8.42. The summed E-state index contributed by atoms with van der Waals surface area (Å²) in [4.78, 5) is 32.6. The molecule has 0 radical (unpaired) electrons. The Hall–Kier alpha value is -3.92. The molecule has 33 heavy (non-hydrogen) atoms. The van der Waals surface area contributed by atoms with E-state index in [0.717, 1.165) is 16.7 Å². The molecule has 3 heterocycles. The molecule has 1 aliphatic rings. The predicted molar refractivity (Wildman–Crippen MR) is 124 cm³/mol. The van der Waals surface area contributed by atoms with Crippen LogP contribution in [0.25, 0.3) is 11.1 Å². The smallest absolute Gasteiger partial charge is 0.259 e. The molecule has 168 valence electrons. The number of terminal acetylenes is 1. The highest BCUT2D eigenvalue weighted by Crippen LogP contribution is 2.38. The maximum Gasteiger partial charge on any atom is 0.259 e. The van der Waals surface area contributed by atoms with Gasteiger partial charge in [0, 0.05) is 31.0 Å². The van der Waals surface area contributed by atoms with Crippen LogP contribution in [0.3, 0.4) is 0 Å². The van der Waals surface area contributed by atoms with Gasteiger partial charge in [0.25, 0.3) is 5.91 Å². The molecule has 1 aromatic carbocycles. The van der Waals surface area contributed by atoms with Crippen LogP contribution in [-0.4, -0.2) is 46.5 Å². The number of hydrogen-bond donors (Lipinski definition) is 1. The van der Waals surface area contributed by atoms with Gasteiger partial charge in [0.1, 0.15) is 11.3 Å². The zero-order chi connectivity index (χ0) is 23.4. The first-order valence-corrected chi connectivity index (χ1v) is 10.9. The van der Waals surface area contributed by atoms with Crippen molar-refractivity contribution in [2.45, 2.75) is 26.7 Å². The molecule has 7 heteroatoms. The van der Waals surface area contributed by atoms with Gasteiger partial charge in [-0.1, -0.05) is 41.4 Å². The number of carbonyl (C=O) groups excluding carboxylic acids is 2. The zero-order valence-electron chi connectivity index (χ0n) is 18.8. The lowest BCUT2D eigenvalue weighted by Crippen LogP contribution is -2.45. The summed E-state index contributed by atoms with van der Waals surface area (Å²) >= 11 is 0. The number of benzene rings is 1. The molecule has 0 aliphatic carbocycles. The highest BCUT2D eigenvalue weighted by Gasteiger charge is 2.46. The van der Waals surface area contributed by atoms with Gasteiger partial charge in [0.05, 0.1) is 17.7 Å². The van der Waals surface area contributed by atoms with Crippen molar-refractivity contribution in [2.24, 2.45) is 5.41 Å². The van der Waals surface area contributed by atoms with E-state index < -0.39 is 5.41 Å². The van der Waals surface area contributed by atoms with Gasteiger partial charge in [-0.05, 0) is 43.9 Å². The first-order valence-electron chi connectivity index (χ1n) is 10.9. The first kappa shape index (κ1) is 22.3. The molecule has 1 aliphatic heterocycles. The third kappa shape index (κ3) is 4.37. The second kappa shape index (κ2) is 9.29. The Morgan fingerprint density at radius 2 is 2.06 bits per heavy atom. The number of nitrogens with zero attached hydrogens (tertiary/aromatic N) is 3. The van der Waals surface area contributed by atoms with Crippen LogP contribution in [-0.2, 0) is 11.2 Å². The standard InChI is InChI=1S/C26H26N4O3/c1-4-12-28-25(32)26(11-14-30(17-26)24(31)23-18(2)29-33-19(23)3)15-20-8-5-6-10-22(20)21-9-7-13-27-16-21/h1,5-10,13,16H,11-12,14-15,17H2,2-3H3,(H,28,32)/t26-/m0/s1. The van der Waals surface area contributed by atoms with Gasteiger partial charge in [0.2, 0.25) is 5.91 Å². The Kier molecular flexibility index (Phi) is 6.27. The fraction of sp³-hybridized carbons (Fsp3) is 0.308. The van der Waals surface area contributed by atoms with Gasteiger partial charge in [-0.15, -0.1) is 6.42 Å². The lowest BCUT2D eigenvalue weighted by molar-refractivity contribution is -0.130. The van der Waals surface area contributed by atoms with Crippen LogP contribution in [0.1, 0.15) is 33.8 Å². The average Bonchev–Trinajstić information content (AvgIpc) is 3.42. The predicted octanol–water partition coefficient (Wildman–Crippen LogP) is 3.18. The van der Waals surface area contributed by atoms with Gasteiger partial charge < -0.3 is 14.7 Å². The van der Waals surface area contributed by atoms with E-state index in [1.165, 1.54) is 0 Å². The number of amides is 2. The van der Waals surface area contributed by atoms with Gasteiger partial charge in [-0.25, -0.2) is 0 Å². The van der Waals surface area contributed by atoms with Crippen LogP contribution in [0.2, 0.25) is 0 Å². The average molecular weight is 443 g/mol. The molecule has 1 fully saturated rings. The highest BCUT2D eigenvalue weighted by atomic mass is 16.5. The highest BCUT2D eigenvalue weighted by molar-refractivity contribution is 5.97. The molecular weight excluding hydrogens is 416 g/mol. The van der Waals surface area contributed by atoms with E-state index in [0.29, 0.717) is 36.4 Å². The number of likely N-dealkylation sites (tertiary alicyclic amines) is 1. The summed E-state index contributed by atoms with van der Waals surface area (Å²) in [5.41, 5.74) is 3.23. The van der Waals surface area contributed by atoms with Crippen molar-refractivity contribution < 1.29 is 14.1 Å². The molecule has 7 nitrogen and oxygen atoms in total. The molecule has 4 rings (SSSR count). The summed E-state index contributed by atoms with van der Waals surface area (Å²) in [6.07, 6.45) is 9.93. The number of aryl methyl sites for hydroxylation is 2. The van der Waals surface area contributed by atoms with Crippen LogP contribution in [0.5, 0.6) is 0 Å². The van der Waals surface area contributed by atoms with Crippen LogP contribution in [0.4, 0.5) is 0 Å². The Balaban J connectivity index is 1.67. The van der Waals surface area contributed by atoms with Crippen molar-refractivity contribution in [2.75, 3.05) is 19.6 Å². The third-order valence-electron chi connectivity index (χ3n) is 6.24. The third-order valence-corrected chi connectivity index (χ3v) is 6.24. The van der Waals surface area contributed by atoms with Crippen molar-refractivity contribution in [1.82, 2.24) is 20.4 Å². The summed E-state index contributed by atoms with van der Waals surface area (Å²) in [5.74, 6) is 2.64. The Morgan fingerprint density at radius 1 is 1.24 bits per heavy atom. The van der Waals surface area contributed by atoms with E-state index in [9.17, 15) is 9.59 Å². The second-order valence-electron chi connectivity index (χ2n) is 8.42. The minimum absolute atomic E-state index is 0.142. The van der Waals surface area contributed by atoms with Crippen molar-refractivity contribution >= 4 is 11.8 Å². The van der Waals surface area contributed by atoms with Gasteiger partial charge in [-0.3, -0.25) is 14.6 Å². The number of carbonyl (C=O) groups is 2. The van der Waals surface area contributed by atoms with E-state index in [2.05, 4.69) is 21.4 Å². The molecule has 0 unspecified atom stereocenters. The normalized spacial score (nSPS) is 17.5. The SMILES string of the molecule is C#CCNC(=O)[C@]1(Cc2ccccc2-c2cccnc2)CCN(C(=O)c2c(C)noc2C)C1. The Morgan fingerprint density at radius 3 is 2.76 bits per heavy atom. The zero-order valence-corrected chi connectivity index (χ0v) is 18.8. The van der Waals surface area contributed by atoms with E-state index in [-0.39, 0.29) is 24.9 Å². The van der Waals surface area contributed by atoms with Crippen LogP contribution in [0.15, 0.2) is 53.3 Å². The van der Waals surface area contributed by atoms with Gasteiger partial charge in [0.15, 0.2) is 0 Å². The summed E-state index contributed by atoms with van der Waals surface area (Å²) in [7, 11) is 0. The molecule has 1 N–H and O–H groups in total. The lowest BCUT2D eigenvalue weighted by atomic mass is 9.78. The van der Waals surface area contributed by atoms with Crippen LogP contribution < -0.4 is 5.32 Å². The molecule has 0 saturated carbocycles. The van der Waals surface area contributed by atoms with Crippen LogP contribution >= 0.6 is 0 Å². The van der Waals surface area contributed by atoms with Crippen molar-refractivity contribution in [3.05, 3.63) is 71.4 Å². The van der Waals surface area contributed by atoms with E-state index in [1.54, 1.807) is 24.9 Å². The molecule has 3 aromatic rings. The number of aromatic nitrogens is 2. The minimum atomic E-state index is -0.802. The number of nitrogens with one attached hydrogen (secondary N) is 1. The number of hydrogen-bond acceptors (Lipinski definition) is 5. The first-order chi connectivity index (χ1) is 15.9. The fourth-order valence-corrected chi connectivity index (χ4v) is 4.56. The fourth-order valence-electron chi connectivity index (χ4n) is 4.56. The summed E-state index contributed by atoms with van der Waals surface area (Å²) < 4.78 is 5.18. The van der Waals surface area contributed by atoms with Crippen molar-refractivity contribution in [1.29, 1.82) is 0 Å². The maximum atomic E-state index is 13.4. The Bertz CT molecular complexity index is 1190. The monoisotopic (exact) mass is 442 g/mol. The summed E-state index contributed by atoms with van der Waals surface area (Å²) in [6.45, 7) is 4.36. The quantitative estimate of drug-likeness (QED) is 0.593. The number of pyridine rings is 1. The van der Waals surface area contributed by atoms with Crippen molar-refractivity contribution in [3.63, 3.8) is 0 Å². The van der Waals surface area contributed by atoms with Crippen molar-refractivity contribution in [3.8, 4) is 23.5 Å². The molecule has 1 saturated heterocycles. The van der Waals surface area contributed by atoms with E-state index >= 15 is 0 Å². The van der Waals surface area contributed by atoms with E-state index in [1.807, 2.05) is 42.6 Å². The molecular formula is C26H26N4O3.